The Hall–Kier alpha value is -1.03. The standard InChI is InChI=1S/C13H16BrNO2/c1-13(6-2-3-7-13)15-11-5-4-9(12(16)17)8-10(11)14/h4-5,8,15H,2-3,6-7H2,1H3,(H,16,17). The molecular weight excluding hydrogens is 282 g/mol. The third-order valence-electron chi connectivity index (χ3n) is 3.36. The SMILES string of the molecule is CC1(Nc2ccc(C(=O)O)cc2Br)CCCC1. The third-order valence-corrected chi connectivity index (χ3v) is 4.02. The Labute approximate surface area is 109 Å². The number of carbonyl (C=O) groups is 1. The van der Waals surface area contributed by atoms with Gasteiger partial charge in [0.15, 0.2) is 0 Å². The molecule has 1 aliphatic carbocycles. The molecule has 1 fully saturated rings. The molecule has 1 aromatic carbocycles. The molecule has 1 saturated carbocycles. The van der Waals surface area contributed by atoms with E-state index in [1.165, 1.54) is 25.7 Å². The van der Waals surface area contributed by atoms with Crippen LogP contribution in [-0.2, 0) is 0 Å². The Morgan fingerprint density at radius 2 is 2.06 bits per heavy atom. The minimum Gasteiger partial charge on any atom is -0.478 e. The summed E-state index contributed by atoms with van der Waals surface area (Å²) < 4.78 is 0.811. The van der Waals surface area contributed by atoms with Crippen molar-refractivity contribution in [1.82, 2.24) is 0 Å². The average molecular weight is 298 g/mol. The lowest BCUT2D eigenvalue weighted by Crippen LogP contribution is -2.30. The Morgan fingerprint density at radius 3 is 2.59 bits per heavy atom. The summed E-state index contributed by atoms with van der Waals surface area (Å²) in [6.45, 7) is 2.22. The maximum absolute atomic E-state index is 10.8. The van der Waals surface area contributed by atoms with E-state index < -0.39 is 5.97 Å². The van der Waals surface area contributed by atoms with Gasteiger partial charge >= 0.3 is 5.97 Å². The molecule has 0 bridgehead atoms. The number of rotatable bonds is 3. The fourth-order valence-corrected chi connectivity index (χ4v) is 2.83. The van der Waals surface area contributed by atoms with Gasteiger partial charge in [-0.15, -0.1) is 0 Å². The maximum atomic E-state index is 10.8. The van der Waals surface area contributed by atoms with E-state index in [2.05, 4.69) is 28.2 Å². The summed E-state index contributed by atoms with van der Waals surface area (Å²) >= 11 is 3.42. The smallest absolute Gasteiger partial charge is 0.335 e. The number of carboxylic acid groups (broad SMARTS) is 1. The van der Waals surface area contributed by atoms with E-state index in [4.69, 9.17) is 5.11 Å². The largest absolute Gasteiger partial charge is 0.478 e. The third kappa shape index (κ3) is 2.80. The van der Waals surface area contributed by atoms with Crippen LogP contribution in [0, 0.1) is 0 Å². The van der Waals surface area contributed by atoms with Gasteiger partial charge in [0.25, 0.3) is 0 Å². The summed E-state index contributed by atoms with van der Waals surface area (Å²) in [7, 11) is 0. The predicted molar refractivity (Wildman–Crippen MR) is 71.6 cm³/mol. The molecule has 0 amide bonds. The number of hydrogen-bond acceptors (Lipinski definition) is 2. The van der Waals surface area contributed by atoms with Gasteiger partial charge in [-0.1, -0.05) is 12.8 Å². The number of halogens is 1. The van der Waals surface area contributed by atoms with Crippen LogP contribution >= 0.6 is 15.9 Å². The van der Waals surface area contributed by atoms with Crippen LogP contribution in [0.4, 0.5) is 5.69 Å². The van der Waals surface area contributed by atoms with Gasteiger partial charge in [-0.25, -0.2) is 4.79 Å². The van der Waals surface area contributed by atoms with Gasteiger partial charge in [0.05, 0.1) is 5.56 Å². The maximum Gasteiger partial charge on any atom is 0.335 e. The summed E-state index contributed by atoms with van der Waals surface area (Å²) in [5.74, 6) is -0.899. The van der Waals surface area contributed by atoms with E-state index in [1.54, 1.807) is 12.1 Å². The van der Waals surface area contributed by atoms with E-state index in [0.717, 1.165) is 10.2 Å². The molecule has 0 spiro atoms. The van der Waals surface area contributed by atoms with Crippen molar-refractivity contribution in [3.05, 3.63) is 28.2 Å². The van der Waals surface area contributed by atoms with Crippen LogP contribution in [0.3, 0.4) is 0 Å². The highest BCUT2D eigenvalue weighted by Gasteiger charge is 2.28. The molecule has 0 atom stereocenters. The zero-order valence-corrected chi connectivity index (χ0v) is 11.4. The predicted octanol–water partition coefficient (Wildman–Crippen LogP) is 3.89. The lowest BCUT2D eigenvalue weighted by Gasteiger charge is -2.27. The molecule has 0 saturated heterocycles. The fourth-order valence-electron chi connectivity index (χ4n) is 2.35. The molecule has 92 valence electrons. The number of nitrogens with one attached hydrogen (secondary N) is 1. The minimum absolute atomic E-state index is 0.146. The van der Waals surface area contributed by atoms with Crippen molar-refractivity contribution in [3.63, 3.8) is 0 Å². The van der Waals surface area contributed by atoms with Crippen molar-refractivity contribution >= 4 is 27.6 Å². The molecule has 3 nitrogen and oxygen atoms in total. The number of anilines is 1. The highest BCUT2D eigenvalue weighted by Crippen LogP contribution is 2.35. The van der Waals surface area contributed by atoms with Crippen molar-refractivity contribution < 1.29 is 9.90 Å². The van der Waals surface area contributed by atoms with Crippen molar-refractivity contribution in [2.75, 3.05) is 5.32 Å². The Balaban J connectivity index is 2.19. The van der Waals surface area contributed by atoms with Crippen molar-refractivity contribution in [2.45, 2.75) is 38.1 Å². The zero-order chi connectivity index (χ0) is 12.5. The molecule has 17 heavy (non-hydrogen) atoms. The number of carboxylic acids is 1. The van der Waals surface area contributed by atoms with Crippen molar-refractivity contribution in [3.8, 4) is 0 Å². The molecule has 1 aromatic rings. The van der Waals surface area contributed by atoms with Crippen LogP contribution in [0.25, 0.3) is 0 Å². The molecule has 0 aliphatic heterocycles. The summed E-state index contributed by atoms with van der Waals surface area (Å²) in [6.07, 6.45) is 4.85. The summed E-state index contributed by atoms with van der Waals surface area (Å²) in [5.41, 5.74) is 1.42. The van der Waals surface area contributed by atoms with Gasteiger partial charge in [-0.05, 0) is 53.9 Å². The van der Waals surface area contributed by atoms with E-state index in [1.807, 2.05) is 6.07 Å². The van der Waals surface area contributed by atoms with Crippen LogP contribution in [0.2, 0.25) is 0 Å². The minimum atomic E-state index is -0.899. The molecule has 1 aliphatic rings. The molecule has 4 heteroatoms. The fraction of sp³-hybridized carbons (Fsp3) is 0.462. The Bertz CT molecular complexity index is 439. The quantitative estimate of drug-likeness (QED) is 0.890. The van der Waals surface area contributed by atoms with Crippen LogP contribution in [0.1, 0.15) is 43.0 Å². The highest BCUT2D eigenvalue weighted by molar-refractivity contribution is 9.10. The van der Waals surface area contributed by atoms with Gasteiger partial charge in [-0.3, -0.25) is 0 Å². The number of aromatic carboxylic acids is 1. The van der Waals surface area contributed by atoms with Crippen molar-refractivity contribution in [2.24, 2.45) is 0 Å². The summed E-state index contributed by atoms with van der Waals surface area (Å²) in [4.78, 5) is 10.8. The molecule has 0 radical (unpaired) electrons. The Kier molecular flexibility index (Phi) is 3.43. The Morgan fingerprint density at radius 1 is 1.41 bits per heavy atom. The van der Waals surface area contributed by atoms with Gasteiger partial charge in [0.1, 0.15) is 0 Å². The highest BCUT2D eigenvalue weighted by atomic mass is 79.9. The summed E-state index contributed by atoms with van der Waals surface area (Å²) in [6, 6.07) is 5.10. The first-order valence-corrected chi connectivity index (χ1v) is 6.60. The normalized spacial score (nSPS) is 18.0. The lowest BCUT2D eigenvalue weighted by molar-refractivity contribution is 0.0697. The molecule has 0 aromatic heterocycles. The van der Waals surface area contributed by atoms with E-state index >= 15 is 0 Å². The van der Waals surface area contributed by atoms with Crippen molar-refractivity contribution in [1.29, 1.82) is 0 Å². The molecule has 2 N–H and O–H groups in total. The number of benzene rings is 1. The van der Waals surface area contributed by atoms with Crippen LogP contribution < -0.4 is 5.32 Å². The monoisotopic (exact) mass is 297 g/mol. The topological polar surface area (TPSA) is 49.3 Å². The second kappa shape index (κ2) is 4.69. The molecular formula is C13H16BrNO2. The lowest BCUT2D eigenvalue weighted by atomic mass is 10.00. The molecule has 0 heterocycles. The van der Waals surface area contributed by atoms with E-state index in [0.29, 0.717) is 5.56 Å². The van der Waals surface area contributed by atoms with Crippen LogP contribution in [-0.4, -0.2) is 16.6 Å². The first-order valence-electron chi connectivity index (χ1n) is 5.81. The van der Waals surface area contributed by atoms with Crippen LogP contribution in [0.15, 0.2) is 22.7 Å². The van der Waals surface area contributed by atoms with Gasteiger partial charge in [-0.2, -0.15) is 0 Å². The number of hydrogen-bond donors (Lipinski definition) is 2. The molecule has 2 rings (SSSR count). The molecule has 0 unspecified atom stereocenters. The first kappa shape index (κ1) is 12.4. The van der Waals surface area contributed by atoms with Gasteiger partial charge < -0.3 is 10.4 Å². The van der Waals surface area contributed by atoms with Gasteiger partial charge in [0, 0.05) is 15.7 Å². The first-order chi connectivity index (χ1) is 8.00. The van der Waals surface area contributed by atoms with E-state index in [-0.39, 0.29) is 5.54 Å². The van der Waals surface area contributed by atoms with Crippen LogP contribution in [0.5, 0.6) is 0 Å². The summed E-state index contributed by atoms with van der Waals surface area (Å²) in [5, 5.41) is 12.4. The second-order valence-corrected chi connectivity index (χ2v) is 5.75. The average Bonchev–Trinajstić information content (AvgIpc) is 2.68. The van der Waals surface area contributed by atoms with Gasteiger partial charge in [0.2, 0.25) is 0 Å². The second-order valence-electron chi connectivity index (χ2n) is 4.89. The van der Waals surface area contributed by atoms with E-state index in [9.17, 15) is 4.79 Å². The zero-order valence-electron chi connectivity index (χ0n) is 9.79.